The van der Waals surface area contributed by atoms with Gasteiger partial charge in [0.25, 0.3) is 5.56 Å². The van der Waals surface area contributed by atoms with Crippen molar-refractivity contribution in [2.24, 2.45) is 0 Å². The number of anilines is 1. The fourth-order valence-corrected chi connectivity index (χ4v) is 3.09. The third-order valence-electron chi connectivity index (χ3n) is 3.97. The van der Waals surface area contributed by atoms with Crippen LogP contribution in [0.4, 0.5) is 5.69 Å². The van der Waals surface area contributed by atoms with E-state index >= 15 is 0 Å². The Balaban J connectivity index is 2.21. The second-order valence-corrected chi connectivity index (χ2v) is 6.32. The van der Waals surface area contributed by atoms with E-state index in [9.17, 15) is 9.90 Å². The number of aryl methyl sites for hydroxylation is 1. The van der Waals surface area contributed by atoms with Gasteiger partial charge in [-0.25, -0.2) is 4.68 Å². The minimum absolute atomic E-state index is 0.0817. The molecule has 0 amide bonds. The first kappa shape index (κ1) is 15.5. The molecule has 1 saturated carbocycles. The van der Waals surface area contributed by atoms with E-state index in [1.165, 1.54) is 4.68 Å². The van der Waals surface area contributed by atoms with Crippen molar-refractivity contribution in [2.75, 3.05) is 11.9 Å². The van der Waals surface area contributed by atoms with Crippen molar-refractivity contribution in [3.63, 3.8) is 0 Å². The molecule has 112 valence electrons. The highest BCUT2D eigenvalue weighted by Gasteiger charge is 2.33. The van der Waals surface area contributed by atoms with Crippen LogP contribution in [-0.4, -0.2) is 27.0 Å². The predicted molar refractivity (Wildman–Crippen MR) is 83.0 cm³/mol. The average Bonchev–Trinajstić information content (AvgIpc) is 2.92. The lowest BCUT2D eigenvalue weighted by molar-refractivity contribution is 0.214. The van der Waals surface area contributed by atoms with Gasteiger partial charge in [0.2, 0.25) is 0 Å². The third-order valence-corrected chi connectivity index (χ3v) is 4.74. The lowest BCUT2D eigenvalue weighted by Gasteiger charge is -2.29. The van der Waals surface area contributed by atoms with Gasteiger partial charge in [0.1, 0.15) is 4.47 Å². The SMILES string of the molecule is CCCCn1ncc(NC2(CO)CCCC2)c(Br)c1=O. The van der Waals surface area contributed by atoms with Crippen LogP contribution in [0, 0.1) is 0 Å². The molecule has 1 aromatic rings. The first-order valence-corrected chi connectivity index (χ1v) is 8.06. The summed E-state index contributed by atoms with van der Waals surface area (Å²) in [6, 6.07) is 0. The Bertz CT molecular complexity index is 510. The summed E-state index contributed by atoms with van der Waals surface area (Å²) in [5, 5.41) is 17.2. The van der Waals surface area contributed by atoms with E-state index in [4.69, 9.17) is 0 Å². The zero-order valence-corrected chi connectivity index (χ0v) is 13.4. The molecule has 0 saturated heterocycles. The molecule has 6 heteroatoms. The maximum atomic E-state index is 12.2. The van der Waals surface area contributed by atoms with Crippen LogP contribution in [0.3, 0.4) is 0 Å². The molecule has 0 aromatic carbocycles. The molecule has 2 N–H and O–H groups in total. The molecule has 0 unspecified atom stereocenters. The molecular weight excluding hydrogens is 322 g/mol. The van der Waals surface area contributed by atoms with E-state index in [0.29, 0.717) is 16.7 Å². The van der Waals surface area contributed by atoms with Gasteiger partial charge >= 0.3 is 0 Å². The fraction of sp³-hybridized carbons (Fsp3) is 0.714. The number of nitrogens with one attached hydrogen (secondary N) is 1. The lowest BCUT2D eigenvalue weighted by Crippen LogP contribution is -2.40. The standard InChI is InChI=1S/C14H22BrN3O2/c1-2-3-8-18-13(20)12(15)11(9-16-18)17-14(10-19)6-4-5-7-14/h9,17,19H,2-8,10H2,1H3. The van der Waals surface area contributed by atoms with Gasteiger partial charge in [0.15, 0.2) is 0 Å². The second kappa shape index (κ2) is 6.72. The van der Waals surface area contributed by atoms with Gasteiger partial charge in [-0.05, 0) is 35.2 Å². The molecule has 1 aromatic heterocycles. The number of nitrogens with zero attached hydrogens (tertiary/aromatic N) is 2. The van der Waals surface area contributed by atoms with Crippen molar-refractivity contribution < 1.29 is 5.11 Å². The van der Waals surface area contributed by atoms with Crippen LogP contribution in [0.1, 0.15) is 45.4 Å². The van der Waals surface area contributed by atoms with E-state index in [1.807, 2.05) is 0 Å². The zero-order valence-electron chi connectivity index (χ0n) is 11.9. The smallest absolute Gasteiger partial charge is 0.283 e. The van der Waals surface area contributed by atoms with Gasteiger partial charge in [-0.1, -0.05) is 26.2 Å². The number of aliphatic hydroxyl groups is 1. The molecule has 0 atom stereocenters. The molecule has 5 nitrogen and oxygen atoms in total. The van der Waals surface area contributed by atoms with E-state index in [0.717, 1.165) is 38.5 Å². The first-order valence-electron chi connectivity index (χ1n) is 7.26. The van der Waals surface area contributed by atoms with Crippen LogP contribution in [0.2, 0.25) is 0 Å². The number of hydrogen-bond acceptors (Lipinski definition) is 4. The highest BCUT2D eigenvalue weighted by Crippen LogP contribution is 2.33. The van der Waals surface area contributed by atoms with Crippen LogP contribution < -0.4 is 10.9 Å². The first-order chi connectivity index (χ1) is 9.62. The number of aliphatic hydroxyl groups excluding tert-OH is 1. The third kappa shape index (κ3) is 3.23. The normalized spacial score (nSPS) is 17.4. The number of rotatable bonds is 6. The van der Waals surface area contributed by atoms with Gasteiger partial charge in [-0.15, -0.1) is 0 Å². The predicted octanol–water partition coefficient (Wildman–Crippen LogP) is 2.52. The topological polar surface area (TPSA) is 67.2 Å². The number of unbranched alkanes of at least 4 members (excludes halogenated alkanes) is 1. The minimum Gasteiger partial charge on any atom is -0.394 e. The summed E-state index contributed by atoms with van der Waals surface area (Å²) < 4.78 is 1.99. The van der Waals surface area contributed by atoms with Gasteiger partial charge in [0, 0.05) is 6.54 Å². The van der Waals surface area contributed by atoms with Crippen molar-refractivity contribution in [3.05, 3.63) is 21.0 Å². The summed E-state index contributed by atoms with van der Waals surface area (Å²) in [4.78, 5) is 12.2. The highest BCUT2D eigenvalue weighted by atomic mass is 79.9. The Hall–Kier alpha value is -0.880. The molecule has 20 heavy (non-hydrogen) atoms. The minimum atomic E-state index is -0.299. The van der Waals surface area contributed by atoms with Crippen molar-refractivity contribution in [2.45, 2.75) is 57.5 Å². The Morgan fingerprint density at radius 1 is 1.50 bits per heavy atom. The van der Waals surface area contributed by atoms with E-state index in [1.54, 1.807) is 6.20 Å². The van der Waals surface area contributed by atoms with Crippen LogP contribution in [0.15, 0.2) is 15.5 Å². The van der Waals surface area contributed by atoms with Crippen molar-refractivity contribution >= 4 is 21.6 Å². The maximum Gasteiger partial charge on any atom is 0.283 e. The lowest BCUT2D eigenvalue weighted by atomic mass is 9.99. The zero-order chi connectivity index (χ0) is 14.6. The Morgan fingerprint density at radius 3 is 2.80 bits per heavy atom. The van der Waals surface area contributed by atoms with Crippen LogP contribution in [0.5, 0.6) is 0 Å². The Morgan fingerprint density at radius 2 is 2.20 bits per heavy atom. The monoisotopic (exact) mass is 343 g/mol. The summed E-state index contributed by atoms with van der Waals surface area (Å²) in [6.07, 6.45) is 7.70. The summed E-state index contributed by atoms with van der Waals surface area (Å²) >= 11 is 3.37. The summed E-state index contributed by atoms with van der Waals surface area (Å²) in [6.45, 7) is 2.80. The van der Waals surface area contributed by atoms with Gasteiger partial charge in [0.05, 0.1) is 24.0 Å². The molecule has 1 heterocycles. The number of hydrogen-bond donors (Lipinski definition) is 2. The van der Waals surface area contributed by atoms with Crippen molar-refractivity contribution in [3.8, 4) is 0 Å². The molecule has 0 aliphatic heterocycles. The average molecular weight is 344 g/mol. The summed E-state index contributed by atoms with van der Waals surface area (Å²) in [7, 11) is 0. The summed E-state index contributed by atoms with van der Waals surface area (Å²) in [5.41, 5.74) is 0.264. The van der Waals surface area contributed by atoms with Crippen molar-refractivity contribution in [1.82, 2.24) is 9.78 Å². The fourth-order valence-electron chi connectivity index (χ4n) is 2.68. The van der Waals surface area contributed by atoms with Gasteiger partial charge in [-0.2, -0.15) is 5.10 Å². The Labute approximate surface area is 127 Å². The highest BCUT2D eigenvalue weighted by molar-refractivity contribution is 9.10. The van der Waals surface area contributed by atoms with E-state index in [-0.39, 0.29) is 17.7 Å². The molecule has 1 aliphatic rings. The molecule has 1 fully saturated rings. The molecule has 0 bridgehead atoms. The summed E-state index contributed by atoms with van der Waals surface area (Å²) in [5.74, 6) is 0. The van der Waals surface area contributed by atoms with Gasteiger partial charge < -0.3 is 10.4 Å². The number of halogens is 1. The van der Waals surface area contributed by atoms with Crippen LogP contribution >= 0.6 is 15.9 Å². The molecule has 0 spiro atoms. The second-order valence-electron chi connectivity index (χ2n) is 5.52. The largest absolute Gasteiger partial charge is 0.394 e. The molecule has 2 rings (SSSR count). The van der Waals surface area contributed by atoms with E-state index in [2.05, 4.69) is 33.3 Å². The van der Waals surface area contributed by atoms with Crippen molar-refractivity contribution in [1.29, 1.82) is 0 Å². The maximum absolute atomic E-state index is 12.2. The van der Waals surface area contributed by atoms with E-state index < -0.39 is 0 Å². The molecule has 0 radical (unpaired) electrons. The van der Waals surface area contributed by atoms with Crippen LogP contribution in [0.25, 0.3) is 0 Å². The molecular formula is C14H22BrN3O2. The van der Waals surface area contributed by atoms with Crippen LogP contribution in [-0.2, 0) is 6.54 Å². The number of aromatic nitrogens is 2. The van der Waals surface area contributed by atoms with Gasteiger partial charge in [-0.3, -0.25) is 4.79 Å². The quantitative estimate of drug-likeness (QED) is 0.832. The Kier molecular flexibility index (Phi) is 5.21. The molecule has 1 aliphatic carbocycles.